The second-order valence-electron chi connectivity index (χ2n) is 6.77. The van der Waals surface area contributed by atoms with Gasteiger partial charge in [-0.3, -0.25) is 9.59 Å². The topological polar surface area (TPSA) is 70.7 Å². The number of amides is 2. The molecule has 2 amide bonds. The van der Waals surface area contributed by atoms with Gasteiger partial charge in [0.05, 0.1) is 13.2 Å². The quantitative estimate of drug-likeness (QED) is 0.855. The number of anilines is 1. The van der Waals surface area contributed by atoms with Crippen LogP contribution in [0.15, 0.2) is 24.3 Å². The summed E-state index contributed by atoms with van der Waals surface area (Å²) in [7, 11) is 0. The molecule has 1 aromatic carbocycles. The summed E-state index contributed by atoms with van der Waals surface area (Å²) in [5, 5.41) is 6.27. The Labute approximate surface area is 148 Å². The first kappa shape index (κ1) is 17.9. The molecule has 1 aromatic rings. The molecule has 0 radical (unpaired) electrons. The molecule has 2 N–H and O–H groups in total. The zero-order valence-electron chi connectivity index (χ0n) is 14.6. The lowest BCUT2D eigenvalue weighted by Crippen LogP contribution is -2.40. The highest BCUT2D eigenvalue weighted by Crippen LogP contribution is 2.19. The molecule has 136 valence electrons. The van der Waals surface area contributed by atoms with Gasteiger partial charge in [-0.2, -0.15) is 0 Å². The van der Waals surface area contributed by atoms with E-state index in [0.29, 0.717) is 49.9 Å². The van der Waals surface area contributed by atoms with Crippen molar-refractivity contribution in [1.29, 1.82) is 0 Å². The highest BCUT2D eigenvalue weighted by Gasteiger charge is 2.19. The second-order valence-corrected chi connectivity index (χ2v) is 6.77. The van der Waals surface area contributed by atoms with E-state index in [1.165, 1.54) is 0 Å². The number of piperidine rings is 1. The van der Waals surface area contributed by atoms with Gasteiger partial charge in [0.1, 0.15) is 0 Å². The van der Waals surface area contributed by atoms with Gasteiger partial charge in [0, 0.05) is 30.8 Å². The number of hydrogen-bond donors (Lipinski definition) is 2. The van der Waals surface area contributed by atoms with Crippen LogP contribution >= 0.6 is 0 Å². The normalized spacial score (nSPS) is 18.8. The minimum absolute atomic E-state index is 0.00546. The van der Waals surface area contributed by atoms with Crippen LogP contribution in [0.1, 0.15) is 36.0 Å². The number of nitrogens with zero attached hydrogens (tertiary/aromatic N) is 1. The summed E-state index contributed by atoms with van der Waals surface area (Å²) in [5.74, 6) is 0.657. The van der Waals surface area contributed by atoms with Crippen molar-refractivity contribution < 1.29 is 14.3 Å². The number of morpholine rings is 1. The van der Waals surface area contributed by atoms with Gasteiger partial charge in [-0.05, 0) is 56.5 Å². The van der Waals surface area contributed by atoms with E-state index in [9.17, 15) is 9.59 Å². The Morgan fingerprint density at radius 3 is 2.72 bits per heavy atom. The molecule has 3 rings (SSSR count). The first-order chi connectivity index (χ1) is 12.2. The Bertz CT molecular complexity index is 593. The molecule has 6 nitrogen and oxygen atoms in total. The maximum atomic E-state index is 12.5. The van der Waals surface area contributed by atoms with Crippen LogP contribution in [0.4, 0.5) is 5.69 Å². The molecule has 0 aliphatic carbocycles. The number of benzene rings is 1. The summed E-state index contributed by atoms with van der Waals surface area (Å²) >= 11 is 0. The molecular weight excluding hydrogens is 318 g/mol. The number of carbonyl (C=O) groups is 2. The van der Waals surface area contributed by atoms with Crippen LogP contribution in [0.3, 0.4) is 0 Å². The van der Waals surface area contributed by atoms with E-state index in [2.05, 4.69) is 10.6 Å². The fourth-order valence-electron chi connectivity index (χ4n) is 3.41. The summed E-state index contributed by atoms with van der Waals surface area (Å²) in [6, 6.07) is 7.21. The molecule has 2 fully saturated rings. The van der Waals surface area contributed by atoms with Gasteiger partial charge >= 0.3 is 0 Å². The molecule has 2 aliphatic rings. The molecular formula is C19H27N3O3. The standard InChI is InChI=1S/C19H27N3O3/c23-18(5-4-15-6-8-20-9-7-15)21-17-3-1-2-16(14-17)19(24)22-10-12-25-13-11-22/h1-3,14-15,20H,4-13H2,(H,21,23). The van der Waals surface area contributed by atoms with Gasteiger partial charge in [0.2, 0.25) is 5.91 Å². The van der Waals surface area contributed by atoms with Crippen molar-refractivity contribution in [3.05, 3.63) is 29.8 Å². The van der Waals surface area contributed by atoms with E-state index in [-0.39, 0.29) is 11.8 Å². The van der Waals surface area contributed by atoms with E-state index in [4.69, 9.17) is 4.74 Å². The molecule has 2 aliphatic heterocycles. The van der Waals surface area contributed by atoms with Crippen molar-refractivity contribution in [3.8, 4) is 0 Å². The van der Waals surface area contributed by atoms with E-state index in [1.807, 2.05) is 12.1 Å². The van der Waals surface area contributed by atoms with Crippen molar-refractivity contribution >= 4 is 17.5 Å². The molecule has 6 heteroatoms. The number of carbonyl (C=O) groups excluding carboxylic acids is 2. The lowest BCUT2D eigenvalue weighted by atomic mass is 9.93. The van der Waals surface area contributed by atoms with Gasteiger partial charge in [-0.25, -0.2) is 0 Å². The first-order valence-electron chi connectivity index (χ1n) is 9.20. The first-order valence-corrected chi connectivity index (χ1v) is 9.20. The van der Waals surface area contributed by atoms with E-state index in [1.54, 1.807) is 17.0 Å². The Morgan fingerprint density at radius 1 is 1.20 bits per heavy atom. The monoisotopic (exact) mass is 345 g/mol. The zero-order chi connectivity index (χ0) is 17.5. The Morgan fingerprint density at radius 2 is 1.96 bits per heavy atom. The van der Waals surface area contributed by atoms with E-state index in [0.717, 1.165) is 32.4 Å². The maximum Gasteiger partial charge on any atom is 0.254 e. The van der Waals surface area contributed by atoms with Crippen LogP contribution in [0.2, 0.25) is 0 Å². The molecule has 0 unspecified atom stereocenters. The average molecular weight is 345 g/mol. The van der Waals surface area contributed by atoms with Crippen molar-refractivity contribution in [3.63, 3.8) is 0 Å². The SMILES string of the molecule is O=C(CCC1CCNCC1)Nc1cccc(C(=O)N2CCOCC2)c1. The van der Waals surface area contributed by atoms with Gasteiger partial charge in [-0.15, -0.1) is 0 Å². The predicted molar refractivity (Wildman–Crippen MR) is 96.6 cm³/mol. The fourth-order valence-corrected chi connectivity index (χ4v) is 3.41. The number of rotatable bonds is 5. The van der Waals surface area contributed by atoms with E-state index < -0.39 is 0 Å². The van der Waals surface area contributed by atoms with Gasteiger partial charge in [-0.1, -0.05) is 6.07 Å². The second kappa shape index (κ2) is 8.97. The van der Waals surface area contributed by atoms with Gasteiger partial charge in [0.25, 0.3) is 5.91 Å². The predicted octanol–water partition coefficient (Wildman–Crippen LogP) is 1.88. The number of nitrogens with one attached hydrogen (secondary N) is 2. The minimum Gasteiger partial charge on any atom is -0.378 e. The van der Waals surface area contributed by atoms with Crippen molar-refractivity contribution in [1.82, 2.24) is 10.2 Å². The summed E-state index contributed by atoms with van der Waals surface area (Å²) < 4.78 is 5.28. The molecule has 2 saturated heterocycles. The Kier molecular flexibility index (Phi) is 6.42. The summed E-state index contributed by atoms with van der Waals surface area (Å²) in [5.41, 5.74) is 1.30. The molecule has 0 spiro atoms. The Balaban J connectivity index is 1.51. The third-order valence-electron chi connectivity index (χ3n) is 4.93. The number of ether oxygens (including phenoxy) is 1. The molecule has 0 atom stereocenters. The third-order valence-corrected chi connectivity index (χ3v) is 4.93. The highest BCUT2D eigenvalue weighted by atomic mass is 16.5. The third kappa shape index (κ3) is 5.28. The Hall–Kier alpha value is -1.92. The minimum atomic E-state index is -0.00546. The molecule has 2 heterocycles. The van der Waals surface area contributed by atoms with Crippen LogP contribution in [-0.4, -0.2) is 56.1 Å². The van der Waals surface area contributed by atoms with Gasteiger partial charge in [0.15, 0.2) is 0 Å². The van der Waals surface area contributed by atoms with Gasteiger partial charge < -0.3 is 20.3 Å². The number of hydrogen-bond acceptors (Lipinski definition) is 4. The maximum absolute atomic E-state index is 12.5. The van der Waals surface area contributed by atoms with Crippen LogP contribution < -0.4 is 10.6 Å². The zero-order valence-corrected chi connectivity index (χ0v) is 14.6. The van der Waals surface area contributed by atoms with Crippen molar-refractivity contribution in [2.45, 2.75) is 25.7 Å². The van der Waals surface area contributed by atoms with Crippen molar-refractivity contribution in [2.75, 3.05) is 44.7 Å². The smallest absolute Gasteiger partial charge is 0.254 e. The van der Waals surface area contributed by atoms with Crippen LogP contribution in [0.25, 0.3) is 0 Å². The largest absolute Gasteiger partial charge is 0.378 e. The molecule has 0 saturated carbocycles. The van der Waals surface area contributed by atoms with Crippen LogP contribution in [-0.2, 0) is 9.53 Å². The van der Waals surface area contributed by atoms with Crippen molar-refractivity contribution in [2.24, 2.45) is 5.92 Å². The molecule has 0 bridgehead atoms. The van der Waals surface area contributed by atoms with E-state index >= 15 is 0 Å². The van der Waals surface area contributed by atoms with Crippen LogP contribution in [0, 0.1) is 5.92 Å². The summed E-state index contributed by atoms with van der Waals surface area (Å²) in [6.07, 6.45) is 3.76. The highest BCUT2D eigenvalue weighted by molar-refractivity contribution is 5.97. The summed E-state index contributed by atoms with van der Waals surface area (Å²) in [4.78, 5) is 26.5. The summed E-state index contributed by atoms with van der Waals surface area (Å²) in [6.45, 7) is 4.50. The molecule has 0 aromatic heterocycles. The lowest BCUT2D eigenvalue weighted by molar-refractivity contribution is -0.116. The fraction of sp³-hybridized carbons (Fsp3) is 0.579. The lowest BCUT2D eigenvalue weighted by Gasteiger charge is -2.27. The average Bonchev–Trinajstić information content (AvgIpc) is 2.67. The van der Waals surface area contributed by atoms with Crippen LogP contribution in [0.5, 0.6) is 0 Å². The molecule has 25 heavy (non-hydrogen) atoms.